The van der Waals surface area contributed by atoms with Crippen molar-refractivity contribution in [2.75, 3.05) is 46.3 Å². The van der Waals surface area contributed by atoms with E-state index in [1.807, 2.05) is 4.90 Å². The van der Waals surface area contributed by atoms with Gasteiger partial charge in [0.15, 0.2) is 0 Å². The fourth-order valence-corrected chi connectivity index (χ4v) is 4.36. The normalized spacial score (nSPS) is 30.4. The van der Waals surface area contributed by atoms with Gasteiger partial charge in [-0.15, -0.1) is 0 Å². The number of piperazine rings is 1. The van der Waals surface area contributed by atoms with Gasteiger partial charge in [-0.25, -0.2) is 0 Å². The van der Waals surface area contributed by atoms with Crippen LogP contribution in [-0.2, 0) is 9.59 Å². The van der Waals surface area contributed by atoms with Crippen molar-refractivity contribution in [3.8, 4) is 0 Å². The van der Waals surface area contributed by atoms with Crippen molar-refractivity contribution in [2.24, 2.45) is 17.8 Å². The molecule has 0 aromatic carbocycles. The lowest BCUT2D eigenvalue weighted by Gasteiger charge is -2.38. The maximum Gasteiger partial charge on any atom is 0.225 e. The number of carbonyl (C=O) groups is 2. The Morgan fingerprint density at radius 2 is 1.08 bits per heavy atom. The van der Waals surface area contributed by atoms with E-state index in [2.05, 4.69) is 23.8 Å². The monoisotopic (exact) mass is 335 g/mol. The summed E-state index contributed by atoms with van der Waals surface area (Å²) < 4.78 is 0. The summed E-state index contributed by atoms with van der Waals surface area (Å²) in [4.78, 5) is 31.8. The van der Waals surface area contributed by atoms with E-state index >= 15 is 0 Å². The second-order valence-corrected chi connectivity index (χ2v) is 8.18. The summed E-state index contributed by atoms with van der Waals surface area (Å²) in [6, 6.07) is 0. The lowest BCUT2D eigenvalue weighted by Crippen LogP contribution is -2.49. The van der Waals surface area contributed by atoms with Gasteiger partial charge in [-0.3, -0.25) is 9.59 Å². The number of nitrogens with zero attached hydrogens (tertiary/aromatic N) is 3. The molecule has 1 saturated carbocycles. The minimum atomic E-state index is 0.152. The molecule has 0 spiro atoms. The lowest BCUT2D eigenvalue weighted by atomic mass is 9.80. The molecule has 0 radical (unpaired) electrons. The maximum atomic E-state index is 12.7. The second-order valence-electron chi connectivity index (χ2n) is 8.18. The molecule has 2 amide bonds. The van der Waals surface area contributed by atoms with Crippen molar-refractivity contribution < 1.29 is 9.59 Å². The first-order valence-corrected chi connectivity index (χ1v) is 9.80. The molecule has 2 heterocycles. The Hall–Kier alpha value is -1.10. The number of hydrogen-bond donors (Lipinski definition) is 0. The fraction of sp³-hybridized carbons (Fsp3) is 0.895. The third-order valence-electron chi connectivity index (χ3n) is 6.34. The highest BCUT2D eigenvalue weighted by atomic mass is 16.2. The average molecular weight is 335 g/mol. The van der Waals surface area contributed by atoms with Crippen LogP contribution in [0.25, 0.3) is 0 Å². The molecule has 0 aromatic rings. The number of carbonyl (C=O) groups excluding carboxylic acids is 2. The first kappa shape index (κ1) is 17.7. The number of piperidine rings is 1. The number of amides is 2. The quantitative estimate of drug-likeness (QED) is 0.773. The average Bonchev–Trinajstić information content (AvgIpc) is 2.62. The Bertz CT molecular complexity index is 402. The molecule has 3 rings (SSSR count). The van der Waals surface area contributed by atoms with Crippen LogP contribution in [-0.4, -0.2) is 72.8 Å². The van der Waals surface area contributed by atoms with Crippen LogP contribution in [0.1, 0.15) is 45.4 Å². The third kappa shape index (κ3) is 4.11. The van der Waals surface area contributed by atoms with E-state index in [1.54, 1.807) is 0 Å². The maximum absolute atomic E-state index is 12.7. The van der Waals surface area contributed by atoms with Gasteiger partial charge in [0.1, 0.15) is 0 Å². The van der Waals surface area contributed by atoms with Gasteiger partial charge in [0, 0.05) is 51.1 Å². The van der Waals surface area contributed by atoms with E-state index < -0.39 is 0 Å². The van der Waals surface area contributed by atoms with E-state index in [0.29, 0.717) is 11.8 Å². The van der Waals surface area contributed by atoms with Crippen molar-refractivity contribution in [3.05, 3.63) is 0 Å². The highest BCUT2D eigenvalue weighted by molar-refractivity contribution is 5.81. The van der Waals surface area contributed by atoms with Crippen LogP contribution in [0.5, 0.6) is 0 Å². The van der Waals surface area contributed by atoms with Crippen molar-refractivity contribution in [3.63, 3.8) is 0 Å². The van der Waals surface area contributed by atoms with Gasteiger partial charge in [-0.1, -0.05) is 6.92 Å². The number of hydrogen-bond acceptors (Lipinski definition) is 3. The summed E-state index contributed by atoms with van der Waals surface area (Å²) in [7, 11) is 2.11. The minimum Gasteiger partial charge on any atom is -0.342 e. The van der Waals surface area contributed by atoms with Gasteiger partial charge in [0.2, 0.25) is 11.8 Å². The molecule has 3 aliphatic rings. The SMILES string of the molecule is CC1CCN(C(=O)C2CCC(C(=O)N3CCN(C)CC3)CC2)CC1. The molecule has 0 unspecified atom stereocenters. The Morgan fingerprint density at radius 1 is 0.667 bits per heavy atom. The molecule has 0 N–H and O–H groups in total. The zero-order chi connectivity index (χ0) is 17.1. The summed E-state index contributed by atoms with van der Waals surface area (Å²) in [6.45, 7) is 7.82. The summed E-state index contributed by atoms with van der Waals surface area (Å²) in [5.41, 5.74) is 0. The van der Waals surface area contributed by atoms with Gasteiger partial charge in [0.05, 0.1) is 0 Å². The molecule has 5 heteroatoms. The highest BCUT2D eigenvalue weighted by Crippen LogP contribution is 2.32. The number of rotatable bonds is 2. The van der Waals surface area contributed by atoms with Crippen LogP contribution in [0.4, 0.5) is 0 Å². The van der Waals surface area contributed by atoms with Crippen LogP contribution in [0.3, 0.4) is 0 Å². The molecule has 2 saturated heterocycles. The fourth-order valence-electron chi connectivity index (χ4n) is 4.36. The standard InChI is InChI=1S/C19H33N3O2/c1-15-7-9-21(10-8-15)18(23)16-3-5-17(6-4-16)19(24)22-13-11-20(2)12-14-22/h15-17H,3-14H2,1-2H3. The first-order chi connectivity index (χ1) is 11.5. The molecule has 0 aromatic heterocycles. The smallest absolute Gasteiger partial charge is 0.225 e. The van der Waals surface area contributed by atoms with Crippen molar-refractivity contribution in [2.45, 2.75) is 45.4 Å². The molecule has 0 bridgehead atoms. The Balaban J connectivity index is 1.45. The van der Waals surface area contributed by atoms with E-state index in [0.717, 1.165) is 83.7 Å². The minimum absolute atomic E-state index is 0.152. The van der Waals surface area contributed by atoms with E-state index in [1.165, 1.54) is 0 Å². The third-order valence-corrected chi connectivity index (χ3v) is 6.34. The number of likely N-dealkylation sites (N-methyl/N-ethyl adjacent to an activating group) is 1. The van der Waals surface area contributed by atoms with Crippen LogP contribution < -0.4 is 0 Å². The van der Waals surface area contributed by atoms with Crippen LogP contribution >= 0.6 is 0 Å². The van der Waals surface area contributed by atoms with Gasteiger partial charge in [-0.05, 0) is 51.5 Å². The molecule has 1 aliphatic carbocycles. The zero-order valence-electron chi connectivity index (χ0n) is 15.4. The Labute approximate surface area is 146 Å². The summed E-state index contributed by atoms with van der Waals surface area (Å²) in [5.74, 6) is 1.76. The molecule has 2 aliphatic heterocycles. The molecule has 3 fully saturated rings. The van der Waals surface area contributed by atoms with Gasteiger partial charge < -0.3 is 14.7 Å². The topological polar surface area (TPSA) is 43.9 Å². The lowest BCUT2D eigenvalue weighted by molar-refractivity contribution is -0.143. The Kier molecular flexibility index (Phi) is 5.80. The van der Waals surface area contributed by atoms with Gasteiger partial charge in [0.25, 0.3) is 0 Å². The predicted octanol–water partition coefficient (Wildman–Crippen LogP) is 1.83. The van der Waals surface area contributed by atoms with Crippen molar-refractivity contribution in [1.29, 1.82) is 0 Å². The predicted molar refractivity (Wildman–Crippen MR) is 94.5 cm³/mol. The van der Waals surface area contributed by atoms with Gasteiger partial charge in [-0.2, -0.15) is 0 Å². The number of likely N-dealkylation sites (tertiary alicyclic amines) is 1. The van der Waals surface area contributed by atoms with Crippen LogP contribution in [0, 0.1) is 17.8 Å². The summed E-state index contributed by atoms with van der Waals surface area (Å²) >= 11 is 0. The molecular weight excluding hydrogens is 302 g/mol. The van der Waals surface area contributed by atoms with E-state index in [-0.39, 0.29) is 11.8 Å². The second kappa shape index (κ2) is 7.85. The van der Waals surface area contributed by atoms with Crippen LogP contribution in [0.2, 0.25) is 0 Å². The van der Waals surface area contributed by atoms with Crippen molar-refractivity contribution in [1.82, 2.24) is 14.7 Å². The summed E-state index contributed by atoms with van der Waals surface area (Å²) in [5, 5.41) is 0. The Morgan fingerprint density at radius 3 is 1.54 bits per heavy atom. The van der Waals surface area contributed by atoms with Gasteiger partial charge >= 0.3 is 0 Å². The van der Waals surface area contributed by atoms with E-state index in [9.17, 15) is 9.59 Å². The zero-order valence-corrected chi connectivity index (χ0v) is 15.4. The largest absolute Gasteiger partial charge is 0.342 e. The molecular formula is C19H33N3O2. The van der Waals surface area contributed by atoms with Crippen LogP contribution in [0.15, 0.2) is 0 Å². The summed E-state index contributed by atoms with van der Waals surface area (Å²) in [6.07, 6.45) is 5.87. The molecule has 5 nitrogen and oxygen atoms in total. The first-order valence-electron chi connectivity index (χ1n) is 9.80. The van der Waals surface area contributed by atoms with E-state index in [4.69, 9.17) is 0 Å². The van der Waals surface area contributed by atoms with Crippen molar-refractivity contribution >= 4 is 11.8 Å². The molecule has 136 valence electrons. The highest BCUT2D eigenvalue weighted by Gasteiger charge is 2.35. The molecule has 24 heavy (non-hydrogen) atoms. The molecule has 0 atom stereocenters.